The number of hydrogen-bond acceptors (Lipinski definition) is 1. The number of nitrogens with zero attached hydrogens (tertiary/aromatic N) is 1. The molecular formula is C18H29N. The van der Waals surface area contributed by atoms with Crippen LogP contribution in [0, 0.1) is 11.8 Å². The second kappa shape index (κ2) is 7.69. The molecule has 19 heavy (non-hydrogen) atoms. The van der Waals surface area contributed by atoms with Gasteiger partial charge in [-0.3, -0.25) is 0 Å². The summed E-state index contributed by atoms with van der Waals surface area (Å²) in [6.45, 7) is 11.7. The van der Waals surface area contributed by atoms with E-state index >= 15 is 0 Å². The zero-order chi connectivity index (χ0) is 13.5. The van der Waals surface area contributed by atoms with E-state index in [0.717, 1.165) is 11.8 Å². The molecule has 0 aromatic carbocycles. The summed E-state index contributed by atoms with van der Waals surface area (Å²) < 4.78 is 0. The summed E-state index contributed by atoms with van der Waals surface area (Å²) in [4.78, 5) is 2.71. The van der Waals surface area contributed by atoms with E-state index in [2.05, 4.69) is 24.1 Å². The Kier molecular flexibility index (Phi) is 5.91. The second-order valence-corrected chi connectivity index (χ2v) is 6.28. The summed E-state index contributed by atoms with van der Waals surface area (Å²) in [5, 5.41) is 0. The largest absolute Gasteiger partial charge is 0.303 e. The first-order chi connectivity index (χ1) is 9.31. The first kappa shape index (κ1) is 14.6. The summed E-state index contributed by atoms with van der Waals surface area (Å²) in [5.74, 6) is 1.85. The predicted molar refractivity (Wildman–Crippen MR) is 84.2 cm³/mol. The first-order valence-corrected chi connectivity index (χ1v) is 7.98. The number of piperidine rings is 1. The first-order valence-electron chi connectivity index (χ1n) is 7.98. The molecule has 2 aliphatic rings. The minimum Gasteiger partial charge on any atom is -0.303 e. The summed E-state index contributed by atoms with van der Waals surface area (Å²) in [5.41, 5.74) is 1.35. The van der Waals surface area contributed by atoms with Gasteiger partial charge in [0.05, 0.1) is 0 Å². The topological polar surface area (TPSA) is 3.24 Å². The summed E-state index contributed by atoms with van der Waals surface area (Å²) in [6.07, 6.45) is 15.8. The quantitative estimate of drug-likeness (QED) is 0.631. The van der Waals surface area contributed by atoms with Gasteiger partial charge in [-0.2, -0.15) is 0 Å². The SMILES string of the molecule is C=C/C=C(\C=C)CC1CCN(CC2CCCC2)CC1. The summed E-state index contributed by atoms with van der Waals surface area (Å²) in [6, 6.07) is 0. The average Bonchev–Trinajstić information content (AvgIpc) is 2.93. The standard InChI is InChI=1S/C18H29N/c1-3-7-16(4-2)14-17-10-12-19(13-11-17)15-18-8-5-6-9-18/h3-4,7,17-18H,1-2,5-6,8-15H2/b16-7+. The molecule has 1 heteroatoms. The third-order valence-corrected chi connectivity index (χ3v) is 4.82. The highest BCUT2D eigenvalue weighted by molar-refractivity contribution is 5.21. The third kappa shape index (κ3) is 4.65. The Bertz CT molecular complexity index is 315. The van der Waals surface area contributed by atoms with Gasteiger partial charge in [-0.15, -0.1) is 0 Å². The molecule has 0 amide bonds. The molecule has 2 fully saturated rings. The molecule has 0 spiro atoms. The number of hydrogen-bond donors (Lipinski definition) is 0. The van der Waals surface area contributed by atoms with Gasteiger partial charge in [-0.05, 0) is 62.6 Å². The molecule has 106 valence electrons. The average molecular weight is 259 g/mol. The molecule has 0 atom stereocenters. The Morgan fingerprint density at radius 1 is 1.00 bits per heavy atom. The maximum absolute atomic E-state index is 3.90. The van der Waals surface area contributed by atoms with E-state index in [0.29, 0.717) is 0 Å². The number of rotatable bonds is 6. The van der Waals surface area contributed by atoms with Crippen molar-refractivity contribution < 1.29 is 0 Å². The van der Waals surface area contributed by atoms with Gasteiger partial charge in [-0.25, -0.2) is 0 Å². The Morgan fingerprint density at radius 3 is 2.26 bits per heavy atom. The Morgan fingerprint density at radius 2 is 1.68 bits per heavy atom. The lowest BCUT2D eigenvalue weighted by Crippen LogP contribution is -2.36. The van der Waals surface area contributed by atoms with Gasteiger partial charge in [0.1, 0.15) is 0 Å². The smallest absolute Gasteiger partial charge is 0.000966 e. The van der Waals surface area contributed by atoms with E-state index in [1.165, 1.54) is 70.2 Å². The molecule has 1 saturated heterocycles. The van der Waals surface area contributed by atoms with Crippen LogP contribution in [0.15, 0.2) is 37.0 Å². The van der Waals surface area contributed by atoms with E-state index < -0.39 is 0 Å². The van der Waals surface area contributed by atoms with E-state index in [1.54, 1.807) is 0 Å². The molecule has 0 N–H and O–H groups in total. The fourth-order valence-corrected chi connectivity index (χ4v) is 3.64. The van der Waals surface area contributed by atoms with E-state index in [4.69, 9.17) is 0 Å². The fourth-order valence-electron chi connectivity index (χ4n) is 3.64. The minimum absolute atomic E-state index is 0.851. The zero-order valence-corrected chi connectivity index (χ0v) is 12.3. The number of allylic oxidation sites excluding steroid dienone is 4. The lowest BCUT2D eigenvalue weighted by molar-refractivity contribution is 0.161. The van der Waals surface area contributed by atoms with Crippen molar-refractivity contribution in [2.45, 2.75) is 44.9 Å². The molecule has 0 aromatic rings. The van der Waals surface area contributed by atoms with Gasteiger partial charge in [0, 0.05) is 6.54 Å². The minimum atomic E-state index is 0.851. The van der Waals surface area contributed by atoms with Crippen LogP contribution < -0.4 is 0 Å². The van der Waals surface area contributed by atoms with Crippen LogP contribution in [0.25, 0.3) is 0 Å². The molecule has 0 unspecified atom stereocenters. The maximum Gasteiger partial charge on any atom is 0.000966 e. The fraction of sp³-hybridized carbons (Fsp3) is 0.667. The lowest BCUT2D eigenvalue weighted by atomic mass is 9.89. The van der Waals surface area contributed by atoms with Crippen LogP contribution in [0.3, 0.4) is 0 Å². The molecule has 0 radical (unpaired) electrons. The van der Waals surface area contributed by atoms with Gasteiger partial charge >= 0.3 is 0 Å². The molecule has 1 aliphatic heterocycles. The summed E-state index contributed by atoms with van der Waals surface area (Å²) >= 11 is 0. The van der Waals surface area contributed by atoms with Gasteiger partial charge in [-0.1, -0.05) is 44.2 Å². The van der Waals surface area contributed by atoms with Gasteiger partial charge in [0.2, 0.25) is 0 Å². The van der Waals surface area contributed by atoms with Crippen LogP contribution in [0.5, 0.6) is 0 Å². The maximum atomic E-state index is 3.90. The molecule has 1 aliphatic carbocycles. The van der Waals surface area contributed by atoms with Crippen LogP contribution in [0.1, 0.15) is 44.9 Å². The van der Waals surface area contributed by atoms with E-state index in [-0.39, 0.29) is 0 Å². The van der Waals surface area contributed by atoms with Crippen molar-refractivity contribution in [3.8, 4) is 0 Å². The molecule has 1 nitrogen and oxygen atoms in total. The third-order valence-electron chi connectivity index (χ3n) is 4.82. The van der Waals surface area contributed by atoms with Crippen molar-refractivity contribution in [3.63, 3.8) is 0 Å². The van der Waals surface area contributed by atoms with Crippen molar-refractivity contribution in [2.75, 3.05) is 19.6 Å². The van der Waals surface area contributed by atoms with Gasteiger partial charge in [0.25, 0.3) is 0 Å². The van der Waals surface area contributed by atoms with Crippen LogP contribution in [-0.2, 0) is 0 Å². The Labute approximate surface area is 119 Å². The molecular weight excluding hydrogens is 230 g/mol. The predicted octanol–water partition coefficient (Wildman–Crippen LogP) is 4.58. The highest BCUT2D eigenvalue weighted by Crippen LogP contribution is 2.29. The van der Waals surface area contributed by atoms with Gasteiger partial charge < -0.3 is 4.90 Å². The Hall–Kier alpha value is -0.820. The summed E-state index contributed by atoms with van der Waals surface area (Å²) in [7, 11) is 0. The van der Waals surface area contributed by atoms with E-state index in [1.807, 2.05) is 12.2 Å². The molecule has 1 saturated carbocycles. The Balaban J connectivity index is 1.71. The highest BCUT2D eigenvalue weighted by Gasteiger charge is 2.23. The number of likely N-dealkylation sites (tertiary alicyclic amines) is 1. The molecule has 2 rings (SSSR count). The zero-order valence-electron chi connectivity index (χ0n) is 12.3. The van der Waals surface area contributed by atoms with Crippen LogP contribution in [0.2, 0.25) is 0 Å². The van der Waals surface area contributed by atoms with Gasteiger partial charge in [0.15, 0.2) is 0 Å². The van der Waals surface area contributed by atoms with Crippen molar-refractivity contribution in [1.82, 2.24) is 4.90 Å². The van der Waals surface area contributed by atoms with Crippen molar-refractivity contribution in [1.29, 1.82) is 0 Å². The monoisotopic (exact) mass is 259 g/mol. The molecule has 1 heterocycles. The lowest BCUT2D eigenvalue weighted by Gasteiger charge is -2.33. The van der Waals surface area contributed by atoms with Crippen molar-refractivity contribution in [3.05, 3.63) is 37.0 Å². The normalized spacial score (nSPS) is 23.7. The van der Waals surface area contributed by atoms with Crippen LogP contribution in [0.4, 0.5) is 0 Å². The molecule has 0 bridgehead atoms. The highest BCUT2D eigenvalue weighted by atomic mass is 15.1. The van der Waals surface area contributed by atoms with Crippen molar-refractivity contribution in [2.24, 2.45) is 11.8 Å². The second-order valence-electron chi connectivity index (χ2n) is 6.28. The van der Waals surface area contributed by atoms with Crippen LogP contribution >= 0.6 is 0 Å². The van der Waals surface area contributed by atoms with E-state index in [9.17, 15) is 0 Å². The molecule has 0 aromatic heterocycles. The van der Waals surface area contributed by atoms with Crippen LogP contribution in [-0.4, -0.2) is 24.5 Å². The van der Waals surface area contributed by atoms with Crippen molar-refractivity contribution >= 4 is 0 Å².